The normalized spacial score (nSPS) is 16.3. The van der Waals surface area contributed by atoms with E-state index in [1.807, 2.05) is 24.0 Å². The van der Waals surface area contributed by atoms with E-state index in [0.29, 0.717) is 32.0 Å². The molecule has 6 heteroatoms. The van der Waals surface area contributed by atoms with Gasteiger partial charge in [0.15, 0.2) is 5.65 Å². The van der Waals surface area contributed by atoms with Gasteiger partial charge in [0.1, 0.15) is 5.69 Å². The molecule has 0 saturated carbocycles. The Morgan fingerprint density at radius 2 is 1.91 bits per heavy atom. The molecule has 0 aliphatic carbocycles. The van der Waals surface area contributed by atoms with E-state index in [4.69, 9.17) is 4.74 Å². The molecule has 0 bridgehead atoms. The predicted molar refractivity (Wildman–Crippen MR) is 83.1 cm³/mol. The van der Waals surface area contributed by atoms with Crippen molar-refractivity contribution in [1.29, 1.82) is 0 Å². The first kappa shape index (κ1) is 15.0. The molecule has 118 valence electrons. The van der Waals surface area contributed by atoms with Crippen LogP contribution in [-0.4, -0.2) is 51.7 Å². The van der Waals surface area contributed by atoms with Gasteiger partial charge in [-0.05, 0) is 13.0 Å². The number of amides is 1. The van der Waals surface area contributed by atoms with Crippen LogP contribution in [0.2, 0.25) is 0 Å². The van der Waals surface area contributed by atoms with E-state index in [1.165, 1.54) is 0 Å². The van der Waals surface area contributed by atoms with Gasteiger partial charge in [-0.3, -0.25) is 4.79 Å². The maximum atomic E-state index is 12.8. The van der Waals surface area contributed by atoms with Crippen molar-refractivity contribution in [3.8, 4) is 0 Å². The lowest BCUT2D eigenvalue weighted by molar-refractivity contribution is 0.0297. The molecule has 1 aliphatic heterocycles. The second kappa shape index (κ2) is 5.35. The van der Waals surface area contributed by atoms with E-state index in [0.717, 1.165) is 17.0 Å². The molecule has 0 N–H and O–H groups in total. The molecule has 22 heavy (non-hydrogen) atoms. The summed E-state index contributed by atoms with van der Waals surface area (Å²) in [6.07, 6.45) is 0. The maximum absolute atomic E-state index is 12.8. The summed E-state index contributed by atoms with van der Waals surface area (Å²) < 4.78 is 6.99. The number of rotatable bonds is 1. The highest BCUT2D eigenvalue weighted by Crippen LogP contribution is 2.22. The van der Waals surface area contributed by atoms with Gasteiger partial charge in [0.05, 0.1) is 18.9 Å². The predicted octanol–water partition coefficient (Wildman–Crippen LogP) is 1.81. The number of carbonyl (C=O) groups excluding carboxylic acids is 1. The SMILES string of the molecule is Cc1cc(C(=O)N2CCOCC2)n2nc(C(C)(C)C)cc2n1. The van der Waals surface area contributed by atoms with E-state index in [9.17, 15) is 4.79 Å². The number of carbonyl (C=O) groups is 1. The van der Waals surface area contributed by atoms with Crippen molar-refractivity contribution in [2.24, 2.45) is 0 Å². The molecule has 1 aliphatic rings. The van der Waals surface area contributed by atoms with Gasteiger partial charge in [-0.15, -0.1) is 0 Å². The number of ether oxygens (including phenoxy) is 1. The highest BCUT2D eigenvalue weighted by Gasteiger charge is 2.24. The van der Waals surface area contributed by atoms with E-state index in [1.54, 1.807) is 4.52 Å². The summed E-state index contributed by atoms with van der Waals surface area (Å²) in [5.41, 5.74) is 2.97. The number of aryl methyl sites for hydroxylation is 1. The highest BCUT2D eigenvalue weighted by molar-refractivity contribution is 5.93. The van der Waals surface area contributed by atoms with Crippen LogP contribution >= 0.6 is 0 Å². The first-order valence-corrected chi connectivity index (χ1v) is 7.61. The molecule has 3 heterocycles. The molecule has 1 amide bonds. The van der Waals surface area contributed by atoms with Gasteiger partial charge in [0.25, 0.3) is 5.91 Å². The Morgan fingerprint density at radius 1 is 1.23 bits per heavy atom. The second-order valence-corrected chi connectivity index (χ2v) is 6.74. The molecule has 1 saturated heterocycles. The Hall–Kier alpha value is -1.95. The van der Waals surface area contributed by atoms with Crippen LogP contribution in [0.25, 0.3) is 5.65 Å². The number of hydrogen-bond donors (Lipinski definition) is 0. The molecule has 2 aromatic heterocycles. The molecule has 0 spiro atoms. The standard InChI is InChI=1S/C16H22N4O2/c1-11-9-12(15(21)19-5-7-22-8-6-19)20-14(17-11)10-13(18-20)16(2,3)4/h9-10H,5-8H2,1-4H3. The Bertz CT molecular complexity index is 709. The molecule has 0 atom stereocenters. The second-order valence-electron chi connectivity index (χ2n) is 6.74. The fraction of sp³-hybridized carbons (Fsp3) is 0.562. The zero-order chi connectivity index (χ0) is 15.9. The average molecular weight is 302 g/mol. The molecule has 3 rings (SSSR count). The lowest BCUT2D eigenvalue weighted by Gasteiger charge is -2.26. The van der Waals surface area contributed by atoms with Gasteiger partial charge in [-0.25, -0.2) is 9.50 Å². The van der Waals surface area contributed by atoms with Crippen molar-refractivity contribution in [3.63, 3.8) is 0 Å². The average Bonchev–Trinajstić information content (AvgIpc) is 2.90. The smallest absolute Gasteiger partial charge is 0.272 e. The van der Waals surface area contributed by atoms with Gasteiger partial charge in [-0.2, -0.15) is 5.10 Å². The number of nitrogens with zero attached hydrogens (tertiary/aromatic N) is 4. The fourth-order valence-corrected chi connectivity index (χ4v) is 2.55. The van der Waals surface area contributed by atoms with Crippen LogP contribution in [0.5, 0.6) is 0 Å². The Kier molecular flexibility index (Phi) is 3.64. The summed E-state index contributed by atoms with van der Waals surface area (Å²) in [5.74, 6) is -0.0117. The quantitative estimate of drug-likeness (QED) is 0.806. The topological polar surface area (TPSA) is 59.7 Å². The van der Waals surface area contributed by atoms with Gasteiger partial charge in [0, 0.05) is 30.3 Å². The summed E-state index contributed by atoms with van der Waals surface area (Å²) in [6, 6.07) is 3.77. The van der Waals surface area contributed by atoms with Crippen LogP contribution in [0.4, 0.5) is 0 Å². The first-order valence-electron chi connectivity index (χ1n) is 7.61. The third-order valence-corrected chi connectivity index (χ3v) is 3.84. The molecule has 0 unspecified atom stereocenters. The van der Waals surface area contributed by atoms with Crippen LogP contribution in [0.3, 0.4) is 0 Å². The molecule has 2 aromatic rings. The third-order valence-electron chi connectivity index (χ3n) is 3.84. The zero-order valence-electron chi connectivity index (χ0n) is 13.6. The van der Waals surface area contributed by atoms with Crippen LogP contribution in [0.15, 0.2) is 12.1 Å². The van der Waals surface area contributed by atoms with E-state index in [2.05, 4.69) is 30.9 Å². The lowest BCUT2D eigenvalue weighted by atomic mass is 9.93. The zero-order valence-corrected chi connectivity index (χ0v) is 13.6. The van der Waals surface area contributed by atoms with Crippen molar-refractivity contribution in [2.45, 2.75) is 33.1 Å². The number of morpholine rings is 1. The number of fused-ring (bicyclic) bond motifs is 1. The van der Waals surface area contributed by atoms with Crippen molar-refractivity contribution in [3.05, 3.63) is 29.2 Å². The third kappa shape index (κ3) is 2.70. The molecule has 0 radical (unpaired) electrons. The van der Waals surface area contributed by atoms with Crippen molar-refractivity contribution in [2.75, 3.05) is 26.3 Å². The lowest BCUT2D eigenvalue weighted by Crippen LogP contribution is -2.41. The van der Waals surface area contributed by atoms with E-state index >= 15 is 0 Å². The molecular formula is C16H22N4O2. The molecular weight excluding hydrogens is 280 g/mol. The van der Waals surface area contributed by atoms with Crippen molar-refractivity contribution < 1.29 is 9.53 Å². The van der Waals surface area contributed by atoms with Crippen LogP contribution < -0.4 is 0 Å². The van der Waals surface area contributed by atoms with Crippen LogP contribution in [0, 0.1) is 6.92 Å². The summed E-state index contributed by atoms with van der Waals surface area (Å²) in [6.45, 7) is 10.6. The minimum Gasteiger partial charge on any atom is -0.378 e. The Balaban J connectivity index is 2.07. The summed E-state index contributed by atoms with van der Waals surface area (Å²) in [5, 5.41) is 4.62. The van der Waals surface area contributed by atoms with Gasteiger partial charge >= 0.3 is 0 Å². The van der Waals surface area contributed by atoms with Gasteiger partial charge < -0.3 is 9.64 Å². The van der Waals surface area contributed by atoms with E-state index in [-0.39, 0.29) is 11.3 Å². The Morgan fingerprint density at radius 3 is 2.55 bits per heavy atom. The highest BCUT2D eigenvalue weighted by atomic mass is 16.5. The van der Waals surface area contributed by atoms with Gasteiger partial charge in [-0.1, -0.05) is 20.8 Å². The minimum absolute atomic E-state index is 0.0117. The summed E-state index contributed by atoms with van der Waals surface area (Å²) in [4.78, 5) is 19.1. The summed E-state index contributed by atoms with van der Waals surface area (Å²) >= 11 is 0. The first-order chi connectivity index (χ1) is 10.4. The molecule has 0 aromatic carbocycles. The van der Waals surface area contributed by atoms with Crippen molar-refractivity contribution in [1.82, 2.24) is 19.5 Å². The molecule has 6 nitrogen and oxygen atoms in total. The fourth-order valence-electron chi connectivity index (χ4n) is 2.55. The minimum atomic E-state index is -0.0825. The monoisotopic (exact) mass is 302 g/mol. The largest absolute Gasteiger partial charge is 0.378 e. The van der Waals surface area contributed by atoms with Crippen LogP contribution in [0.1, 0.15) is 42.6 Å². The van der Waals surface area contributed by atoms with Crippen LogP contribution in [-0.2, 0) is 10.2 Å². The molecule has 1 fully saturated rings. The maximum Gasteiger partial charge on any atom is 0.272 e. The number of aromatic nitrogens is 3. The van der Waals surface area contributed by atoms with E-state index < -0.39 is 0 Å². The van der Waals surface area contributed by atoms with Gasteiger partial charge in [0.2, 0.25) is 0 Å². The number of hydrogen-bond acceptors (Lipinski definition) is 4. The Labute approximate surface area is 130 Å². The summed E-state index contributed by atoms with van der Waals surface area (Å²) in [7, 11) is 0. The van der Waals surface area contributed by atoms with Crippen molar-refractivity contribution >= 4 is 11.6 Å².